The zero-order valence-electron chi connectivity index (χ0n) is 10.5. The van der Waals surface area contributed by atoms with E-state index in [-0.39, 0.29) is 5.60 Å². The molecular formula is C12H20O2Si. The fourth-order valence-corrected chi connectivity index (χ4v) is 1.73. The molecule has 0 saturated heterocycles. The van der Waals surface area contributed by atoms with Crippen molar-refractivity contribution in [2.24, 2.45) is 0 Å². The number of benzene rings is 1. The van der Waals surface area contributed by atoms with Crippen molar-refractivity contribution in [3.05, 3.63) is 23.3 Å². The minimum absolute atomic E-state index is 0.278. The van der Waals surface area contributed by atoms with E-state index in [0.717, 1.165) is 16.0 Å². The lowest BCUT2D eigenvalue weighted by Crippen LogP contribution is -2.22. The molecule has 0 spiro atoms. The smallest absolute Gasteiger partial charge is 0.168 e. The highest BCUT2D eigenvalue weighted by atomic mass is 28.1. The fraction of sp³-hybridized carbons (Fsp3) is 0.500. The summed E-state index contributed by atoms with van der Waals surface area (Å²) < 4.78 is 0. The highest BCUT2D eigenvalue weighted by Crippen LogP contribution is 2.21. The summed E-state index contributed by atoms with van der Waals surface area (Å²) in [4.78, 5) is 10.7. The number of hydrogen-bond acceptors (Lipinski definition) is 2. The predicted octanol–water partition coefficient (Wildman–Crippen LogP) is 1.40. The van der Waals surface area contributed by atoms with Gasteiger partial charge in [-0.25, -0.2) is 0 Å². The van der Waals surface area contributed by atoms with Gasteiger partial charge in [-0.3, -0.25) is 0 Å². The van der Waals surface area contributed by atoms with Crippen molar-refractivity contribution in [1.29, 1.82) is 0 Å². The van der Waals surface area contributed by atoms with E-state index in [1.54, 1.807) is 0 Å². The Hall–Kier alpha value is -0.803. The van der Waals surface area contributed by atoms with Gasteiger partial charge in [0.05, 0.1) is 0 Å². The summed E-state index contributed by atoms with van der Waals surface area (Å²) in [6, 6.07) is 4.09. The van der Waals surface area contributed by atoms with Crippen LogP contribution in [0, 0.1) is 13.8 Å². The van der Waals surface area contributed by atoms with Crippen LogP contribution in [0.25, 0.3) is 0 Å². The van der Waals surface area contributed by atoms with Crippen molar-refractivity contribution in [3.8, 4) is 5.75 Å². The van der Waals surface area contributed by atoms with E-state index in [1.165, 1.54) is 16.3 Å². The molecule has 84 valence electrons. The summed E-state index contributed by atoms with van der Waals surface area (Å²) in [6.45, 7) is 10.1. The molecule has 1 rings (SSSR count). The van der Waals surface area contributed by atoms with Gasteiger partial charge in [-0.1, -0.05) is 11.3 Å². The fourth-order valence-electron chi connectivity index (χ4n) is 1.19. The van der Waals surface area contributed by atoms with Crippen LogP contribution < -0.4 is 10.1 Å². The average molecular weight is 224 g/mol. The third-order valence-corrected chi connectivity index (χ3v) is 3.47. The molecule has 0 bridgehead atoms. The Morgan fingerprint density at radius 3 is 2.20 bits per heavy atom. The van der Waals surface area contributed by atoms with Gasteiger partial charge in [0.15, 0.2) is 5.75 Å². The Balaban J connectivity index is 2.83. The Morgan fingerprint density at radius 1 is 1.07 bits per heavy atom. The monoisotopic (exact) mass is 224 g/mol. The molecule has 15 heavy (non-hydrogen) atoms. The van der Waals surface area contributed by atoms with Gasteiger partial charge < -0.3 is 4.89 Å². The van der Waals surface area contributed by atoms with Gasteiger partial charge in [-0.15, -0.1) is 0 Å². The lowest BCUT2D eigenvalue weighted by molar-refractivity contribution is -0.274. The van der Waals surface area contributed by atoms with E-state index in [1.807, 2.05) is 26.8 Å². The molecule has 0 radical (unpaired) electrons. The first-order valence-electron chi connectivity index (χ1n) is 5.24. The first kappa shape index (κ1) is 12.3. The predicted molar refractivity (Wildman–Crippen MR) is 67.0 cm³/mol. The lowest BCUT2D eigenvalue weighted by Gasteiger charge is -2.19. The van der Waals surface area contributed by atoms with Crippen LogP contribution in [0.4, 0.5) is 0 Å². The van der Waals surface area contributed by atoms with Gasteiger partial charge in [-0.05, 0) is 51.8 Å². The van der Waals surface area contributed by atoms with E-state index in [2.05, 4.69) is 19.9 Å². The van der Waals surface area contributed by atoms with E-state index in [0.29, 0.717) is 0 Å². The first-order valence-corrected chi connectivity index (χ1v) is 6.24. The van der Waals surface area contributed by atoms with Crippen LogP contribution in [0.3, 0.4) is 0 Å². The molecule has 0 N–H and O–H groups in total. The van der Waals surface area contributed by atoms with Crippen molar-refractivity contribution >= 4 is 15.4 Å². The highest BCUT2D eigenvalue weighted by Gasteiger charge is 2.14. The minimum Gasteiger partial charge on any atom is -0.337 e. The zero-order chi connectivity index (χ0) is 11.6. The molecule has 0 fully saturated rings. The third kappa shape index (κ3) is 3.36. The summed E-state index contributed by atoms with van der Waals surface area (Å²) in [7, 11) is 1.07. The summed E-state index contributed by atoms with van der Waals surface area (Å²) in [5.74, 6) is 0.821. The van der Waals surface area contributed by atoms with Crippen LogP contribution in [0.2, 0.25) is 0 Å². The summed E-state index contributed by atoms with van der Waals surface area (Å²) in [5.41, 5.74) is 2.21. The summed E-state index contributed by atoms with van der Waals surface area (Å²) >= 11 is 0. The molecular weight excluding hydrogens is 204 g/mol. The number of rotatable bonds is 2. The van der Waals surface area contributed by atoms with Gasteiger partial charge in [0.25, 0.3) is 0 Å². The van der Waals surface area contributed by atoms with Crippen LogP contribution in [-0.2, 0) is 4.89 Å². The molecule has 0 unspecified atom stereocenters. The van der Waals surface area contributed by atoms with Crippen LogP contribution >= 0.6 is 0 Å². The molecule has 1 aromatic rings. The SMILES string of the molecule is Cc1c([SiH3])ccc(OOC(C)(C)C)c1C. The van der Waals surface area contributed by atoms with E-state index in [4.69, 9.17) is 9.78 Å². The van der Waals surface area contributed by atoms with E-state index in [9.17, 15) is 0 Å². The topological polar surface area (TPSA) is 18.5 Å². The lowest BCUT2D eigenvalue weighted by atomic mass is 10.1. The quantitative estimate of drug-likeness (QED) is 0.429. The van der Waals surface area contributed by atoms with Crippen molar-refractivity contribution in [2.75, 3.05) is 0 Å². The van der Waals surface area contributed by atoms with E-state index < -0.39 is 0 Å². The van der Waals surface area contributed by atoms with Crippen LogP contribution in [0.5, 0.6) is 5.75 Å². The van der Waals surface area contributed by atoms with Crippen LogP contribution in [-0.4, -0.2) is 15.8 Å². The average Bonchev–Trinajstić information content (AvgIpc) is 2.12. The zero-order valence-corrected chi connectivity index (χ0v) is 12.5. The molecule has 0 saturated carbocycles. The van der Waals surface area contributed by atoms with E-state index >= 15 is 0 Å². The Morgan fingerprint density at radius 2 is 1.67 bits per heavy atom. The molecule has 0 amide bonds. The van der Waals surface area contributed by atoms with Crippen molar-refractivity contribution in [3.63, 3.8) is 0 Å². The second-order valence-corrected chi connectivity index (χ2v) is 5.99. The molecule has 0 aliphatic carbocycles. The van der Waals surface area contributed by atoms with Gasteiger partial charge in [0, 0.05) is 10.2 Å². The largest absolute Gasteiger partial charge is 0.337 e. The Bertz CT molecular complexity index is 353. The summed E-state index contributed by atoms with van der Waals surface area (Å²) in [5, 5.41) is 1.41. The van der Waals surface area contributed by atoms with Crippen molar-refractivity contribution in [2.45, 2.75) is 40.2 Å². The minimum atomic E-state index is -0.278. The molecule has 0 aromatic heterocycles. The third-order valence-electron chi connectivity index (χ3n) is 2.39. The van der Waals surface area contributed by atoms with Gasteiger partial charge in [0.2, 0.25) is 0 Å². The maximum atomic E-state index is 5.35. The molecule has 2 nitrogen and oxygen atoms in total. The molecule has 0 aliphatic heterocycles. The number of hydrogen-bond donors (Lipinski definition) is 0. The first-order chi connectivity index (χ1) is 6.81. The van der Waals surface area contributed by atoms with Crippen molar-refractivity contribution in [1.82, 2.24) is 0 Å². The van der Waals surface area contributed by atoms with Crippen LogP contribution in [0.15, 0.2) is 12.1 Å². The Labute approximate surface area is 94.9 Å². The summed E-state index contributed by atoms with van der Waals surface area (Å²) in [6.07, 6.45) is 0. The highest BCUT2D eigenvalue weighted by molar-refractivity contribution is 6.33. The molecule has 3 heteroatoms. The Kier molecular flexibility index (Phi) is 3.57. The van der Waals surface area contributed by atoms with Crippen molar-refractivity contribution < 1.29 is 9.78 Å². The van der Waals surface area contributed by atoms with Gasteiger partial charge in [0.1, 0.15) is 5.60 Å². The second-order valence-electron chi connectivity index (χ2n) is 4.91. The molecule has 1 aromatic carbocycles. The maximum Gasteiger partial charge on any atom is 0.168 e. The molecule has 0 atom stereocenters. The second kappa shape index (κ2) is 4.37. The normalized spacial score (nSPS) is 11.8. The van der Waals surface area contributed by atoms with Gasteiger partial charge >= 0.3 is 0 Å². The van der Waals surface area contributed by atoms with Crippen LogP contribution in [0.1, 0.15) is 31.9 Å². The van der Waals surface area contributed by atoms with Gasteiger partial charge in [-0.2, -0.15) is 4.89 Å². The maximum absolute atomic E-state index is 5.35. The standard InChI is InChI=1S/C12H20O2Si/c1-8-9(2)11(15)7-6-10(8)13-14-12(3,4)5/h6-7H,1-5,15H3. The molecule has 0 heterocycles. The molecule has 0 aliphatic rings.